The molecule has 0 spiro atoms. The Bertz CT molecular complexity index is 672. The van der Waals surface area contributed by atoms with Crippen molar-refractivity contribution in [2.24, 2.45) is 0 Å². The molecule has 6 heteroatoms. The van der Waals surface area contributed by atoms with Crippen LogP contribution in [0.15, 0.2) is 30.3 Å². The standard InChI is InChI=1S/C14H8ClF3N2/c15-10-2-1-8(6-19)5-13(10)20-7-9-3-11(16)14(18)12(17)4-9/h1-5,20H,7H2. The molecule has 0 aliphatic heterocycles. The topological polar surface area (TPSA) is 35.8 Å². The smallest absolute Gasteiger partial charge is 0.194 e. The number of benzene rings is 2. The lowest BCUT2D eigenvalue weighted by Crippen LogP contribution is -2.03. The molecule has 0 saturated carbocycles. The maximum absolute atomic E-state index is 13.1. The van der Waals surface area contributed by atoms with Crippen LogP contribution >= 0.6 is 11.6 Å². The van der Waals surface area contributed by atoms with E-state index in [1.165, 1.54) is 12.1 Å². The molecule has 2 nitrogen and oxygen atoms in total. The van der Waals surface area contributed by atoms with Gasteiger partial charge in [0.1, 0.15) is 0 Å². The van der Waals surface area contributed by atoms with Gasteiger partial charge in [0, 0.05) is 6.54 Å². The van der Waals surface area contributed by atoms with Crippen molar-refractivity contribution in [1.82, 2.24) is 0 Å². The molecule has 0 saturated heterocycles. The van der Waals surface area contributed by atoms with E-state index < -0.39 is 17.5 Å². The molecule has 0 unspecified atom stereocenters. The Balaban J connectivity index is 2.19. The van der Waals surface area contributed by atoms with Gasteiger partial charge in [0.2, 0.25) is 0 Å². The maximum atomic E-state index is 13.1. The number of nitrogens with one attached hydrogen (secondary N) is 1. The number of rotatable bonds is 3. The quantitative estimate of drug-likeness (QED) is 0.860. The van der Waals surface area contributed by atoms with E-state index in [1.54, 1.807) is 6.07 Å². The lowest BCUT2D eigenvalue weighted by Gasteiger charge is -2.09. The van der Waals surface area contributed by atoms with Crippen molar-refractivity contribution in [1.29, 1.82) is 5.26 Å². The fourth-order valence-corrected chi connectivity index (χ4v) is 1.82. The first kappa shape index (κ1) is 14.2. The maximum Gasteiger partial charge on any atom is 0.194 e. The molecule has 0 amide bonds. The average molecular weight is 297 g/mol. The predicted octanol–water partition coefficient (Wildman–Crippen LogP) is 4.24. The van der Waals surface area contributed by atoms with Crippen LogP contribution in [-0.4, -0.2) is 0 Å². The lowest BCUT2D eigenvalue weighted by molar-refractivity contribution is 0.445. The zero-order chi connectivity index (χ0) is 14.7. The summed E-state index contributed by atoms with van der Waals surface area (Å²) in [5, 5.41) is 12.0. The molecule has 0 aromatic heterocycles. The van der Waals surface area contributed by atoms with Gasteiger partial charge in [-0.2, -0.15) is 5.26 Å². The molecule has 20 heavy (non-hydrogen) atoms. The second-order valence-electron chi connectivity index (χ2n) is 4.03. The summed E-state index contributed by atoms with van der Waals surface area (Å²) in [6.45, 7) is 0.0444. The van der Waals surface area contributed by atoms with Crippen LogP contribution in [0, 0.1) is 28.8 Å². The Morgan fingerprint density at radius 2 is 1.75 bits per heavy atom. The highest BCUT2D eigenvalue weighted by atomic mass is 35.5. The van der Waals surface area contributed by atoms with Crippen molar-refractivity contribution in [3.8, 4) is 6.07 Å². The van der Waals surface area contributed by atoms with Crippen molar-refractivity contribution < 1.29 is 13.2 Å². The number of anilines is 1. The highest BCUT2D eigenvalue weighted by Crippen LogP contribution is 2.24. The lowest BCUT2D eigenvalue weighted by atomic mass is 10.2. The fraction of sp³-hybridized carbons (Fsp3) is 0.0714. The zero-order valence-electron chi connectivity index (χ0n) is 10.1. The average Bonchev–Trinajstić information content (AvgIpc) is 2.43. The van der Waals surface area contributed by atoms with E-state index in [1.807, 2.05) is 6.07 Å². The summed E-state index contributed by atoms with van der Waals surface area (Å²) >= 11 is 5.93. The molecule has 0 fully saturated rings. The highest BCUT2D eigenvalue weighted by Gasteiger charge is 2.10. The second kappa shape index (κ2) is 5.85. The SMILES string of the molecule is N#Cc1ccc(Cl)c(NCc2cc(F)c(F)c(F)c2)c1. The number of halogens is 4. The first-order valence-corrected chi connectivity index (χ1v) is 5.96. The van der Waals surface area contributed by atoms with E-state index in [0.717, 1.165) is 12.1 Å². The monoisotopic (exact) mass is 296 g/mol. The minimum absolute atomic E-state index is 0.0444. The van der Waals surface area contributed by atoms with Gasteiger partial charge in [0.15, 0.2) is 17.5 Å². The molecular weight excluding hydrogens is 289 g/mol. The molecule has 0 bridgehead atoms. The van der Waals surface area contributed by atoms with E-state index in [4.69, 9.17) is 16.9 Å². The summed E-state index contributed by atoms with van der Waals surface area (Å²) in [5.41, 5.74) is 1.07. The summed E-state index contributed by atoms with van der Waals surface area (Å²) in [6, 6.07) is 8.34. The molecule has 2 rings (SSSR count). The summed E-state index contributed by atoms with van der Waals surface area (Å²) in [7, 11) is 0. The van der Waals surface area contributed by atoms with Crippen LogP contribution in [0.1, 0.15) is 11.1 Å². The Labute approximate surface area is 118 Å². The molecule has 2 aromatic rings. The number of nitrogens with zero attached hydrogens (tertiary/aromatic N) is 1. The Morgan fingerprint density at radius 1 is 1.10 bits per heavy atom. The van der Waals surface area contributed by atoms with Gasteiger partial charge in [0.25, 0.3) is 0 Å². The van der Waals surface area contributed by atoms with Gasteiger partial charge in [-0.25, -0.2) is 13.2 Å². The molecular formula is C14H8ClF3N2. The van der Waals surface area contributed by atoms with Gasteiger partial charge in [-0.3, -0.25) is 0 Å². The molecule has 1 N–H and O–H groups in total. The van der Waals surface area contributed by atoms with E-state index >= 15 is 0 Å². The third kappa shape index (κ3) is 3.03. The minimum atomic E-state index is -1.50. The Hall–Kier alpha value is -2.19. The first-order chi connectivity index (χ1) is 9.51. The van der Waals surface area contributed by atoms with Crippen molar-refractivity contribution in [2.45, 2.75) is 6.54 Å². The summed E-state index contributed by atoms with van der Waals surface area (Å²) < 4.78 is 38.9. The van der Waals surface area contributed by atoms with E-state index in [0.29, 0.717) is 16.3 Å². The molecule has 102 valence electrons. The van der Waals surface area contributed by atoms with Crippen molar-refractivity contribution in [3.05, 3.63) is 63.9 Å². The van der Waals surface area contributed by atoms with Gasteiger partial charge in [-0.15, -0.1) is 0 Å². The molecule has 0 heterocycles. The van der Waals surface area contributed by atoms with Gasteiger partial charge in [-0.1, -0.05) is 11.6 Å². The summed E-state index contributed by atoms with van der Waals surface area (Å²) in [5.74, 6) is -4.00. The van der Waals surface area contributed by atoms with E-state index in [2.05, 4.69) is 5.32 Å². The van der Waals surface area contributed by atoms with Crippen LogP contribution in [0.5, 0.6) is 0 Å². The van der Waals surface area contributed by atoms with Crippen LogP contribution in [0.25, 0.3) is 0 Å². The summed E-state index contributed by atoms with van der Waals surface area (Å²) in [4.78, 5) is 0. The fourth-order valence-electron chi connectivity index (χ4n) is 1.64. The van der Waals surface area contributed by atoms with Crippen molar-refractivity contribution >= 4 is 17.3 Å². The van der Waals surface area contributed by atoms with Crippen LogP contribution in [0.4, 0.5) is 18.9 Å². The second-order valence-corrected chi connectivity index (χ2v) is 4.44. The predicted molar refractivity (Wildman–Crippen MR) is 69.8 cm³/mol. The zero-order valence-corrected chi connectivity index (χ0v) is 10.8. The highest BCUT2D eigenvalue weighted by molar-refractivity contribution is 6.33. The molecule has 0 aliphatic rings. The number of hydrogen-bond donors (Lipinski definition) is 1. The third-order valence-electron chi connectivity index (χ3n) is 2.62. The third-order valence-corrected chi connectivity index (χ3v) is 2.95. The first-order valence-electron chi connectivity index (χ1n) is 5.58. The summed E-state index contributed by atoms with van der Waals surface area (Å²) in [6.07, 6.45) is 0. The van der Waals surface area contributed by atoms with Crippen LogP contribution in [0.2, 0.25) is 5.02 Å². The van der Waals surface area contributed by atoms with Gasteiger partial charge in [-0.05, 0) is 35.9 Å². The van der Waals surface area contributed by atoms with Gasteiger partial charge < -0.3 is 5.32 Å². The van der Waals surface area contributed by atoms with Crippen molar-refractivity contribution in [2.75, 3.05) is 5.32 Å². The molecule has 0 radical (unpaired) electrons. The van der Waals surface area contributed by atoms with E-state index in [9.17, 15) is 13.2 Å². The Morgan fingerprint density at radius 3 is 2.35 bits per heavy atom. The molecule has 0 aliphatic carbocycles. The van der Waals surface area contributed by atoms with E-state index in [-0.39, 0.29) is 12.1 Å². The number of hydrogen-bond acceptors (Lipinski definition) is 2. The Kier molecular flexibility index (Phi) is 4.16. The van der Waals surface area contributed by atoms with Crippen LogP contribution in [-0.2, 0) is 6.54 Å². The minimum Gasteiger partial charge on any atom is -0.380 e. The van der Waals surface area contributed by atoms with Gasteiger partial charge >= 0.3 is 0 Å². The molecule has 2 aromatic carbocycles. The molecule has 0 atom stereocenters. The van der Waals surface area contributed by atoms with Crippen LogP contribution < -0.4 is 5.32 Å². The van der Waals surface area contributed by atoms with Crippen LogP contribution in [0.3, 0.4) is 0 Å². The number of nitriles is 1. The van der Waals surface area contributed by atoms with Crippen molar-refractivity contribution in [3.63, 3.8) is 0 Å². The normalized spacial score (nSPS) is 10.2. The van der Waals surface area contributed by atoms with Gasteiger partial charge in [0.05, 0.1) is 22.3 Å². The largest absolute Gasteiger partial charge is 0.380 e.